The Morgan fingerprint density at radius 3 is 2.35 bits per heavy atom. The summed E-state index contributed by atoms with van der Waals surface area (Å²) in [5.41, 5.74) is 6.15. The Labute approximate surface area is 120 Å². The highest BCUT2D eigenvalue weighted by Crippen LogP contribution is 2.27. The van der Waals surface area contributed by atoms with Crippen molar-refractivity contribution in [1.82, 2.24) is 4.31 Å². The number of rotatable bonds is 5. The van der Waals surface area contributed by atoms with Crippen molar-refractivity contribution in [2.45, 2.75) is 37.3 Å². The maximum absolute atomic E-state index is 12.1. The first kappa shape index (κ1) is 16.7. The monoisotopic (exact) mass is 301 g/mol. The maximum Gasteiger partial charge on any atom is 0.242 e. The summed E-state index contributed by atoms with van der Waals surface area (Å²) in [5.74, 6) is 0. The van der Waals surface area contributed by atoms with Crippen molar-refractivity contribution in [3.05, 3.63) is 18.2 Å². The van der Waals surface area contributed by atoms with E-state index in [-0.39, 0.29) is 4.90 Å². The Morgan fingerprint density at radius 1 is 1.35 bits per heavy atom. The molecule has 0 aromatic heterocycles. The van der Waals surface area contributed by atoms with E-state index in [4.69, 9.17) is 5.73 Å². The third-order valence-corrected chi connectivity index (χ3v) is 5.12. The van der Waals surface area contributed by atoms with Gasteiger partial charge in [0.05, 0.1) is 27.9 Å². The Bertz CT molecular complexity index is 581. The quantitative estimate of drug-likeness (QED) is 0.708. The average Bonchev–Trinajstić information content (AvgIpc) is 2.31. The van der Waals surface area contributed by atoms with Crippen molar-refractivity contribution in [3.8, 4) is 0 Å². The maximum atomic E-state index is 12.1. The van der Waals surface area contributed by atoms with Gasteiger partial charge in [-0.1, -0.05) is 0 Å². The zero-order valence-corrected chi connectivity index (χ0v) is 13.3. The lowest BCUT2D eigenvalue weighted by Gasteiger charge is -2.31. The minimum atomic E-state index is -3.52. The molecule has 0 spiro atoms. The van der Waals surface area contributed by atoms with Crippen LogP contribution in [0, 0.1) is 0 Å². The highest BCUT2D eigenvalue weighted by molar-refractivity contribution is 7.89. The van der Waals surface area contributed by atoms with Crippen LogP contribution in [0.2, 0.25) is 0 Å². The van der Waals surface area contributed by atoms with E-state index in [0.29, 0.717) is 11.4 Å². The lowest BCUT2D eigenvalue weighted by atomic mass is 9.98. The molecule has 1 rings (SSSR count). The first-order valence-electron chi connectivity index (χ1n) is 6.27. The molecule has 7 heteroatoms. The Hall–Kier alpha value is -1.31. The van der Waals surface area contributed by atoms with Gasteiger partial charge in [-0.3, -0.25) is 0 Å². The number of aliphatic hydroxyl groups excluding tert-OH is 1. The zero-order valence-electron chi connectivity index (χ0n) is 12.5. The van der Waals surface area contributed by atoms with Crippen LogP contribution in [0.5, 0.6) is 0 Å². The summed E-state index contributed by atoms with van der Waals surface area (Å²) in [6.07, 6.45) is -0.629. The normalized spacial score (nSPS) is 14.3. The highest BCUT2D eigenvalue weighted by atomic mass is 32.2. The standard InChI is InChI=1S/C13H23N3O3S/c1-9(17)13(2,3)15-12-8-10(6-7-11(12)14)20(18,19)16(4)5/h6-9,15,17H,14H2,1-5H3. The molecule has 0 heterocycles. The number of sulfonamides is 1. The van der Waals surface area contributed by atoms with Gasteiger partial charge in [-0.25, -0.2) is 12.7 Å². The van der Waals surface area contributed by atoms with Gasteiger partial charge in [0.2, 0.25) is 10.0 Å². The molecular formula is C13H23N3O3S. The van der Waals surface area contributed by atoms with Crippen LogP contribution < -0.4 is 11.1 Å². The van der Waals surface area contributed by atoms with E-state index < -0.39 is 21.7 Å². The number of aliphatic hydroxyl groups is 1. The van der Waals surface area contributed by atoms with Crippen molar-refractivity contribution in [3.63, 3.8) is 0 Å². The van der Waals surface area contributed by atoms with Crippen LogP contribution >= 0.6 is 0 Å². The second-order valence-corrected chi connectivity index (χ2v) is 7.71. The molecule has 0 fully saturated rings. The molecule has 1 aromatic carbocycles. The van der Waals surface area contributed by atoms with Gasteiger partial charge in [-0.2, -0.15) is 0 Å². The van der Waals surface area contributed by atoms with E-state index in [1.165, 1.54) is 32.3 Å². The fourth-order valence-corrected chi connectivity index (χ4v) is 2.39. The predicted octanol–water partition coefficient (Wildman–Crippen LogP) is 1.09. The lowest BCUT2D eigenvalue weighted by Crippen LogP contribution is -2.42. The summed E-state index contributed by atoms with van der Waals surface area (Å²) in [7, 11) is -0.575. The molecule has 0 amide bonds. The van der Waals surface area contributed by atoms with E-state index in [1.807, 2.05) is 13.8 Å². The van der Waals surface area contributed by atoms with Gasteiger partial charge in [0.15, 0.2) is 0 Å². The molecule has 1 aromatic rings. The summed E-state index contributed by atoms with van der Waals surface area (Å²) in [5, 5.41) is 12.8. The van der Waals surface area contributed by atoms with Gasteiger partial charge in [-0.05, 0) is 39.0 Å². The van der Waals surface area contributed by atoms with Crippen molar-refractivity contribution in [1.29, 1.82) is 0 Å². The van der Waals surface area contributed by atoms with Crippen molar-refractivity contribution in [2.75, 3.05) is 25.1 Å². The van der Waals surface area contributed by atoms with Gasteiger partial charge in [0.1, 0.15) is 0 Å². The lowest BCUT2D eigenvalue weighted by molar-refractivity contribution is 0.133. The van der Waals surface area contributed by atoms with E-state index >= 15 is 0 Å². The van der Waals surface area contributed by atoms with Gasteiger partial charge in [0, 0.05) is 14.1 Å². The second kappa shape index (κ2) is 5.59. The SMILES string of the molecule is CC(O)C(C)(C)Nc1cc(S(=O)(=O)N(C)C)ccc1N. The van der Waals surface area contributed by atoms with Crippen LogP contribution in [-0.2, 0) is 10.0 Å². The molecule has 0 radical (unpaired) electrons. The molecule has 0 aliphatic heterocycles. The number of hydrogen-bond acceptors (Lipinski definition) is 5. The summed E-state index contributed by atoms with van der Waals surface area (Å²) < 4.78 is 25.3. The van der Waals surface area contributed by atoms with Crippen LogP contribution in [0.25, 0.3) is 0 Å². The smallest absolute Gasteiger partial charge is 0.242 e. The summed E-state index contributed by atoms with van der Waals surface area (Å²) in [4.78, 5) is 0.153. The summed E-state index contributed by atoms with van der Waals surface area (Å²) >= 11 is 0. The topological polar surface area (TPSA) is 95.7 Å². The Kier molecular flexibility index (Phi) is 4.68. The first-order chi connectivity index (χ1) is 8.98. The van der Waals surface area contributed by atoms with E-state index in [0.717, 1.165) is 4.31 Å². The first-order valence-corrected chi connectivity index (χ1v) is 7.71. The van der Waals surface area contributed by atoms with E-state index in [9.17, 15) is 13.5 Å². The Morgan fingerprint density at radius 2 is 1.90 bits per heavy atom. The number of nitrogen functional groups attached to an aromatic ring is 1. The van der Waals surface area contributed by atoms with Crippen molar-refractivity contribution < 1.29 is 13.5 Å². The molecule has 4 N–H and O–H groups in total. The van der Waals surface area contributed by atoms with Crippen LogP contribution in [0.1, 0.15) is 20.8 Å². The summed E-state index contributed by atoms with van der Waals surface area (Å²) in [6, 6.07) is 4.48. The number of nitrogens with one attached hydrogen (secondary N) is 1. The Balaban J connectivity index is 3.24. The van der Waals surface area contributed by atoms with Crippen LogP contribution in [0.3, 0.4) is 0 Å². The third-order valence-electron chi connectivity index (χ3n) is 3.30. The minimum absolute atomic E-state index is 0.153. The van der Waals surface area contributed by atoms with Crippen molar-refractivity contribution >= 4 is 21.4 Å². The summed E-state index contributed by atoms with van der Waals surface area (Å²) in [6.45, 7) is 5.28. The van der Waals surface area contributed by atoms with Crippen LogP contribution in [-0.4, -0.2) is 43.6 Å². The predicted molar refractivity (Wildman–Crippen MR) is 81.1 cm³/mol. The third kappa shape index (κ3) is 3.41. The highest BCUT2D eigenvalue weighted by Gasteiger charge is 2.25. The molecule has 0 aliphatic carbocycles. The fraction of sp³-hybridized carbons (Fsp3) is 0.538. The molecule has 1 atom stereocenters. The van der Waals surface area contributed by atoms with E-state index in [1.54, 1.807) is 6.92 Å². The molecular weight excluding hydrogens is 278 g/mol. The van der Waals surface area contributed by atoms with Crippen molar-refractivity contribution in [2.24, 2.45) is 0 Å². The molecule has 0 aliphatic rings. The molecule has 0 saturated carbocycles. The number of nitrogens with zero attached hydrogens (tertiary/aromatic N) is 1. The zero-order chi connectivity index (χ0) is 15.7. The van der Waals surface area contributed by atoms with Gasteiger partial charge in [0.25, 0.3) is 0 Å². The number of anilines is 2. The molecule has 1 unspecified atom stereocenters. The number of hydrogen-bond donors (Lipinski definition) is 3. The molecule has 114 valence electrons. The van der Waals surface area contributed by atoms with Gasteiger partial charge in [-0.15, -0.1) is 0 Å². The average molecular weight is 301 g/mol. The minimum Gasteiger partial charge on any atom is -0.397 e. The largest absolute Gasteiger partial charge is 0.397 e. The molecule has 0 saturated heterocycles. The number of benzene rings is 1. The fourth-order valence-electron chi connectivity index (χ4n) is 1.47. The molecule has 20 heavy (non-hydrogen) atoms. The van der Waals surface area contributed by atoms with E-state index in [2.05, 4.69) is 5.32 Å². The molecule has 0 bridgehead atoms. The molecule has 6 nitrogen and oxygen atoms in total. The van der Waals surface area contributed by atoms with Crippen LogP contribution in [0.4, 0.5) is 11.4 Å². The second-order valence-electron chi connectivity index (χ2n) is 5.56. The van der Waals surface area contributed by atoms with Gasteiger partial charge >= 0.3 is 0 Å². The number of nitrogens with two attached hydrogens (primary N) is 1. The van der Waals surface area contributed by atoms with Gasteiger partial charge < -0.3 is 16.2 Å². The van der Waals surface area contributed by atoms with Crippen LogP contribution in [0.15, 0.2) is 23.1 Å².